The highest BCUT2D eigenvalue weighted by Gasteiger charge is 2.41. The monoisotopic (exact) mass is 340 g/mol. The lowest BCUT2D eigenvalue weighted by Gasteiger charge is -2.39. The Morgan fingerprint density at radius 2 is 1.69 bits per heavy atom. The van der Waals surface area contributed by atoms with Crippen LogP contribution in [0.15, 0.2) is 59.0 Å². The number of para-hydroxylation sites is 2. The van der Waals surface area contributed by atoms with E-state index in [-0.39, 0.29) is 5.41 Å². The SMILES string of the molecule is CN1CN2c3cc4c(cc3C(C)(C)c3cccc1c32)oc1ccccc14. The van der Waals surface area contributed by atoms with E-state index in [9.17, 15) is 0 Å². The van der Waals surface area contributed by atoms with Gasteiger partial charge < -0.3 is 14.2 Å². The van der Waals surface area contributed by atoms with E-state index in [0.29, 0.717) is 0 Å². The van der Waals surface area contributed by atoms with Crippen molar-refractivity contribution in [2.45, 2.75) is 19.3 Å². The second kappa shape index (κ2) is 4.42. The Hall–Kier alpha value is -2.94. The van der Waals surface area contributed by atoms with Crippen LogP contribution in [0.1, 0.15) is 25.0 Å². The summed E-state index contributed by atoms with van der Waals surface area (Å²) in [4.78, 5) is 4.80. The maximum atomic E-state index is 6.17. The molecule has 2 aliphatic rings. The molecule has 0 radical (unpaired) electrons. The van der Waals surface area contributed by atoms with Crippen molar-refractivity contribution >= 4 is 39.0 Å². The Labute approximate surface area is 152 Å². The molecular formula is C23H20N2O. The van der Waals surface area contributed by atoms with Gasteiger partial charge in [0.2, 0.25) is 0 Å². The van der Waals surface area contributed by atoms with Crippen LogP contribution < -0.4 is 9.80 Å². The van der Waals surface area contributed by atoms with E-state index in [0.717, 1.165) is 17.8 Å². The number of rotatable bonds is 0. The Balaban J connectivity index is 1.74. The van der Waals surface area contributed by atoms with Crippen LogP contribution in [0, 0.1) is 0 Å². The zero-order valence-corrected chi connectivity index (χ0v) is 15.2. The maximum absolute atomic E-state index is 6.17. The van der Waals surface area contributed by atoms with Gasteiger partial charge in [-0.2, -0.15) is 0 Å². The van der Waals surface area contributed by atoms with Crippen LogP contribution in [0.25, 0.3) is 21.9 Å². The van der Waals surface area contributed by atoms with Gasteiger partial charge in [-0.15, -0.1) is 0 Å². The number of hydrogen-bond acceptors (Lipinski definition) is 3. The Morgan fingerprint density at radius 3 is 2.58 bits per heavy atom. The molecule has 6 rings (SSSR count). The van der Waals surface area contributed by atoms with Gasteiger partial charge in [-0.05, 0) is 35.4 Å². The highest BCUT2D eigenvalue weighted by molar-refractivity contribution is 6.07. The summed E-state index contributed by atoms with van der Waals surface area (Å²) in [5.41, 5.74) is 8.59. The lowest BCUT2D eigenvalue weighted by molar-refractivity contribution is 0.623. The van der Waals surface area contributed by atoms with Gasteiger partial charge in [0, 0.05) is 28.9 Å². The van der Waals surface area contributed by atoms with Gasteiger partial charge in [0.1, 0.15) is 11.2 Å². The third-order valence-corrected chi connectivity index (χ3v) is 6.18. The molecule has 0 saturated carbocycles. The summed E-state index contributed by atoms with van der Waals surface area (Å²) in [5.74, 6) is 0. The van der Waals surface area contributed by atoms with Crippen LogP contribution >= 0.6 is 0 Å². The zero-order chi connectivity index (χ0) is 17.6. The molecule has 2 aliphatic heterocycles. The molecule has 1 aromatic heterocycles. The summed E-state index contributed by atoms with van der Waals surface area (Å²) in [6.45, 7) is 5.54. The molecule has 0 spiro atoms. The largest absolute Gasteiger partial charge is 0.456 e. The van der Waals surface area contributed by atoms with Crippen LogP contribution in [0.5, 0.6) is 0 Å². The molecule has 0 atom stereocenters. The van der Waals surface area contributed by atoms with Gasteiger partial charge in [0.05, 0.1) is 18.0 Å². The van der Waals surface area contributed by atoms with Crippen molar-refractivity contribution in [1.82, 2.24) is 0 Å². The quantitative estimate of drug-likeness (QED) is 0.405. The smallest absolute Gasteiger partial charge is 0.135 e. The van der Waals surface area contributed by atoms with Gasteiger partial charge in [-0.3, -0.25) is 0 Å². The van der Waals surface area contributed by atoms with Crippen LogP contribution in [-0.2, 0) is 5.41 Å². The molecule has 0 N–H and O–H groups in total. The zero-order valence-electron chi connectivity index (χ0n) is 15.2. The number of benzene rings is 3. The van der Waals surface area contributed by atoms with Crippen molar-refractivity contribution in [1.29, 1.82) is 0 Å². The van der Waals surface area contributed by atoms with E-state index in [1.165, 1.54) is 39.0 Å². The minimum atomic E-state index is -0.0600. The first-order chi connectivity index (χ1) is 12.6. The molecule has 3 heteroatoms. The predicted molar refractivity (Wildman–Crippen MR) is 108 cm³/mol. The van der Waals surface area contributed by atoms with E-state index >= 15 is 0 Å². The minimum Gasteiger partial charge on any atom is -0.456 e. The number of nitrogens with zero attached hydrogens (tertiary/aromatic N) is 2. The maximum Gasteiger partial charge on any atom is 0.135 e. The van der Waals surface area contributed by atoms with Crippen LogP contribution in [0.4, 0.5) is 17.1 Å². The lowest BCUT2D eigenvalue weighted by atomic mass is 9.73. The van der Waals surface area contributed by atoms with Gasteiger partial charge in [-0.25, -0.2) is 0 Å². The molecule has 0 unspecified atom stereocenters. The fourth-order valence-corrected chi connectivity index (χ4v) is 4.81. The third kappa shape index (κ3) is 1.55. The normalized spacial score (nSPS) is 17.0. The number of anilines is 3. The molecule has 0 aliphatic carbocycles. The first kappa shape index (κ1) is 14.3. The first-order valence-electron chi connectivity index (χ1n) is 9.13. The molecule has 3 aromatic carbocycles. The Kier molecular flexibility index (Phi) is 2.42. The van der Waals surface area contributed by atoms with E-state index in [2.05, 4.69) is 79.2 Å². The van der Waals surface area contributed by atoms with Gasteiger partial charge in [-0.1, -0.05) is 44.2 Å². The molecule has 0 saturated heterocycles. The molecule has 0 bridgehead atoms. The summed E-state index contributed by atoms with van der Waals surface area (Å²) >= 11 is 0. The fraction of sp³-hybridized carbons (Fsp3) is 0.217. The summed E-state index contributed by atoms with van der Waals surface area (Å²) in [6, 6.07) is 19.6. The molecule has 26 heavy (non-hydrogen) atoms. The van der Waals surface area contributed by atoms with E-state index in [1.807, 2.05) is 6.07 Å². The van der Waals surface area contributed by atoms with Gasteiger partial charge >= 0.3 is 0 Å². The topological polar surface area (TPSA) is 19.6 Å². The van der Waals surface area contributed by atoms with Crippen molar-refractivity contribution in [2.75, 3.05) is 23.5 Å². The van der Waals surface area contributed by atoms with Crippen molar-refractivity contribution in [3.63, 3.8) is 0 Å². The summed E-state index contributed by atoms with van der Waals surface area (Å²) < 4.78 is 6.17. The second-order valence-electron chi connectivity index (χ2n) is 8.03. The van der Waals surface area contributed by atoms with E-state index in [4.69, 9.17) is 4.42 Å². The summed E-state index contributed by atoms with van der Waals surface area (Å²) in [7, 11) is 2.17. The lowest BCUT2D eigenvalue weighted by Crippen LogP contribution is -2.32. The van der Waals surface area contributed by atoms with Gasteiger partial charge in [0.25, 0.3) is 0 Å². The van der Waals surface area contributed by atoms with Crippen molar-refractivity contribution in [3.8, 4) is 0 Å². The molecule has 3 heterocycles. The van der Waals surface area contributed by atoms with E-state index < -0.39 is 0 Å². The standard InChI is InChI=1S/C23H20N2O/c1-23(2)16-8-6-9-18-22(16)25(13-24(18)3)19-11-15-14-7-4-5-10-20(14)26-21(15)12-17(19)23/h4-12H,13H2,1-3H3. The van der Waals surface area contributed by atoms with Crippen LogP contribution in [0.2, 0.25) is 0 Å². The van der Waals surface area contributed by atoms with E-state index in [1.54, 1.807) is 0 Å². The highest BCUT2D eigenvalue weighted by atomic mass is 16.3. The fourth-order valence-electron chi connectivity index (χ4n) is 4.81. The average Bonchev–Trinajstić information content (AvgIpc) is 3.17. The molecule has 128 valence electrons. The molecular weight excluding hydrogens is 320 g/mol. The number of furan rings is 1. The molecule has 3 nitrogen and oxygen atoms in total. The minimum absolute atomic E-state index is 0.0600. The summed E-state index contributed by atoms with van der Waals surface area (Å²) in [5, 5.41) is 2.39. The Bertz CT molecular complexity index is 1220. The van der Waals surface area contributed by atoms with Crippen molar-refractivity contribution < 1.29 is 4.42 Å². The van der Waals surface area contributed by atoms with Crippen LogP contribution in [-0.4, -0.2) is 13.7 Å². The Morgan fingerprint density at radius 1 is 0.846 bits per heavy atom. The highest BCUT2D eigenvalue weighted by Crippen LogP contribution is 2.55. The average molecular weight is 340 g/mol. The molecule has 0 amide bonds. The molecule has 4 aromatic rings. The third-order valence-electron chi connectivity index (χ3n) is 6.18. The van der Waals surface area contributed by atoms with Crippen molar-refractivity contribution in [2.24, 2.45) is 0 Å². The van der Waals surface area contributed by atoms with Crippen LogP contribution in [0.3, 0.4) is 0 Å². The number of fused-ring (bicyclic) bond motifs is 5. The number of hydrogen-bond donors (Lipinski definition) is 0. The summed E-state index contributed by atoms with van der Waals surface area (Å²) in [6.07, 6.45) is 0. The second-order valence-corrected chi connectivity index (χ2v) is 8.03. The first-order valence-corrected chi connectivity index (χ1v) is 9.13. The van der Waals surface area contributed by atoms with Gasteiger partial charge in [0.15, 0.2) is 0 Å². The predicted octanol–water partition coefficient (Wildman–Crippen LogP) is 5.77. The van der Waals surface area contributed by atoms with Crippen molar-refractivity contribution in [3.05, 3.63) is 65.7 Å². The molecule has 0 fully saturated rings.